The molecule has 2 aromatic rings. The molecule has 28 heavy (non-hydrogen) atoms. The van der Waals surface area contributed by atoms with Crippen molar-refractivity contribution in [2.45, 2.75) is 38.9 Å². The Morgan fingerprint density at radius 1 is 1.18 bits per heavy atom. The monoisotopic (exact) mass is 391 g/mol. The highest BCUT2D eigenvalue weighted by atomic mass is 19.4. The minimum atomic E-state index is -4.42. The summed E-state index contributed by atoms with van der Waals surface area (Å²) >= 11 is 0. The van der Waals surface area contributed by atoms with Crippen LogP contribution < -0.4 is 0 Å². The quantitative estimate of drug-likeness (QED) is 0.778. The number of carbonyl (C=O) groups is 1. The van der Waals surface area contributed by atoms with Crippen molar-refractivity contribution in [1.29, 1.82) is 0 Å². The lowest BCUT2D eigenvalue weighted by Crippen LogP contribution is -2.41. The van der Waals surface area contributed by atoms with Gasteiger partial charge in [0.1, 0.15) is 0 Å². The number of alkyl halides is 3. The molecule has 2 aromatic carbocycles. The molecule has 0 radical (unpaired) electrons. The van der Waals surface area contributed by atoms with Gasteiger partial charge < -0.3 is 5.11 Å². The summed E-state index contributed by atoms with van der Waals surface area (Å²) in [6.45, 7) is 4.86. The lowest BCUT2D eigenvalue weighted by molar-refractivity contribution is -0.143. The molecule has 1 heterocycles. The number of nitrogens with zero attached hydrogens (tertiary/aromatic N) is 1. The number of likely N-dealkylation sites (tertiary alicyclic amines) is 1. The van der Waals surface area contributed by atoms with E-state index in [1.54, 1.807) is 6.07 Å². The van der Waals surface area contributed by atoms with Crippen LogP contribution in [-0.2, 0) is 11.0 Å². The van der Waals surface area contributed by atoms with Gasteiger partial charge in [-0.3, -0.25) is 9.69 Å². The van der Waals surface area contributed by atoms with Crippen LogP contribution in [0.1, 0.15) is 46.7 Å². The molecule has 0 aromatic heterocycles. The first-order chi connectivity index (χ1) is 13.2. The Labute approximate surface area is 162 Å². The molecule has 1 fully saturated rings. The summed E-state index contributed by atoms with van der Waals surface area (Å²) in [5.74, 6) is -1.36. The molecule has 0 amide bonds. The zero-order valence-corrected chi connectivity index (χ0v) is 16.0. The van der Waals surface area contributed by atoms with Crippen LogP contribution >= 0.6 is 0 Å². The Hall–Kier alpha value is -2.34. The second-order valence-corrected chi connectivity index (χ2v) is 7.56. The lowest BCUT2D eigenvalue weighted by atomic mass is 9.88. The number of carboxylic acid groups (broad SMARTS) is 1. The topological polar surface area (TPSA) is 40.5 Å². The van der Waals surface area contributed by atoms with Gasteiger partial charge in [0.15, 0.2) is 0 Å². The molecule has 1 aliphatic heterocycles. The molecule has 6 heteroatoms. The molecule has 1 aliphatic rings. The SMILES string of the molecule is Cc1ccc(C)c(C(c2cccc(C(F)(F)F)c2)N2CCCC(C(=O)O)C2)c1. The normalized spacial score (nSPS) is 19.4. The van der Waals surface area contributed by atoms with E-state index >= 15 is 0 Å². The van der Waals surface area contributed by atoms with E-state index in [0.29, 0.717) is 31.5 Å². The molecule has 3 rings (SSSR count). The Bertz CT molecular complexity index is 863. The Morgan fingerprint density at radius 3 is 2.61 bits per heavy atom. The highest BCUT2D eigenvalue weighted by molar-refractivity contribution is 5.70. The molecule has 1 N–H and O–H groups in total. The largest absolute Gasteiger partial charge is 0.481 e. The van der Waals surface area contributed by atoms with Crippen LogP contribution in [0.15, 0.2) is 42.5 Å². The maximum Gasteiger partial charge on any atom is 0.416 e. The summed E-state index contributed by atoms with van der Waals surface area (Å²) in [5, 5.41) is 9.45. The summed E-state index contributed by atoms with van der Waals surface area (Å²) in [6, 6.07) is 10.9. The van der Waals surface area contributed by atoms with Crippen molar-refractivity contribution < 1.29 is 23.1 Å². The minimum absolute atomic E-state index is 0.323. The average Bonchev–Trinajstić information content (AvgIpc) is 2.64. The predicted molar refractivity (Wildman–Crippen MR) is 101 cm³/mol. The standard InChI is InChI=1S/C22H24F3NO2/c1-14-8-9-15(2)19(11-14)20(26-10-4-6-17(13-26)21(27)28)16-5-3-7-18(12-16)22(23,24)25/h3,5,7-9,11-12,17,20H,4,6,10,13H2,1-2H3,(H,27,28). The zero-order valence-electron chi connectivity index (χ0n) is 16.0. The van der Waals surface area contributed by atoms with Gasteiger partial charge in [0.05, 0.1) is 17.5 Å². The molecule has 0 spiro atoms. The van der Waals surface area contributed by atoms with E-state index in [9.17, 15) is 23.1 Å². The van der Waals surface area contributed by atoms with E-state index in [1.165, 1.54) is 12.1 Å². The van der Waals surface area contributed by atoms with Crippen LogP contribution in [0.25, 0.3) is 0 Å². The van der Waals surface area contributed by atoms with Crippen molar-refractivity contribution in [3.05, 3.63) is 70.3 Å². The maximum atomic E-state index is 13.3. The molecule has 0 saturated carbocycles. The van der Waals surface area contributed by atoms with Crippen molar-refractivity contribution >= 4 is 5.97 Å². The second-order valence-electron chi connectivity index (χ2n) is 7.56. The van der Waals surface area contributed by atoms with Crippen LogP contribution in [0.2, 0.25) is 0 Å². The van der Waals surface area contributed by atoms with Gasteiger partial charge in [0, 0.05) is 6.54 Å². The number of hydrogen-bond donors (Lipinski definition) is 1. The molecule has 1 saturated heterocycles. The first-order valence-corrected chi connectivity index (χ1v) is 9.38. The summed E-state index contributed by atoms with van der Waals surface area (Å²) < 4.78 is 39.9. The summed E-state index contributed by atoms with van der Waals surface area (Å²) in [5.41, 5.74) is 2.77. The summed E-state index contributed by atoms with van der Waals surface area (Å²) in [6.07, 6.45) is -3.13. The third kappa shape index (κ3) is 4.38. The van der Waals surface area contributed by atoms with Crippen molar-refractivity contribution in [3.63, 3.8) is 0 Å². The highest BCUT2D eigenvalue weighted by Crippen LogP contribution is 2.37. The zero-order chi connectivity index (χ0) is 20.5. The van der Waals surface area contributed by atoms with E-state index in [1.807, 2.05) is 36.9 Å². The van der Waals surface area contributed by atoms with Crippen LogP contribution in [0.4, 0.5) is 13.2 Å². The fourth-order valence-electron chi connectivity index (χ4n) is 3.97. The van der Waals surface area contributed by atoms with E-state index in [0.717, 1.165) is 22.8 Å². The van der Waals surface area contributed by atoms with Gasteiger partial charge in [-0.05, 0) is 62.1 Å². The number of carboxylic acids is 1. The number of piperidine rings is 1. The van der Waals surface area contributed by atoms with Crippen molar-refractivity contribution in [1.82, 2.24) is 4.90 Å². The summed E-state index contributed by atoms with van der Waals surface area (Å²) in [7, 11) is 0. The van der Waals surface area contributed by atoms with E-state index < -0.39 is 29.7 Å². The third-order valence-corrected chi connectivity index (χ3v) is 5.43. The molecular weight excluding hydrogens is 367 g/mol. The third-order valence-electron chi connectivity index (χ3n) is 5.43. The second kappa shape index (κ2) is 7.95. The Morgan fingerprint density at radius 2 is 1.93 bits per heavy atom. The van der Waals surface area contributed by atoms with Crippen LogP contribution in [0.3, 0.4) is 0 Å². The smallest absolute Gasteiger partial charge is 0.416 e. The first kappa shape index (κ1) is 20.4. The number of benzene rings is 2. The van der Waals surface area contributed by atoms with E-state index in [4.69, 9.17) is 0 Å². The Balaban J connectivity index is 2.10. The molecule has 3 nitrogen and oxygen atoms in total. The Kier molecular flexibility index (Phi) is 5.79. The number of hydrogen-bond acceptors (Lipinski definition) is 2. The number of aryl methyl sites for hydroxylation is 2. The molecule has 2 unspecified atom stereocenters. The molecule has 150 valence electrons. The van der Waals surface area contributed by atoms with E-state index in [2.05, 4.69) is 0 Å². The van der Waals surface area contributed by atoms with Crippen LogP contribution in [0.5, 0.6) is 0 Å². The maximum absolute atomic E-state index is 13.3. The van der Waals surface area contributed by atoms with Gasteiger partial charge >= 0.3 is 12.1 Å². The molecular formula is C22H24F3NO2. The van der Waals surface area contributed by atoms with Crippen molar-refractivity contribution in [2.75, 3.05) is 13.1 Å². The van der Waals surface area contributed by atoms with Gasteiger partial charge in [0.2, 0.25) is 0 Å². The molecule has 2 atom stereocenters. The van der Waals surface area contributed by atoms with Gasteiger partial charge in [0.25, 0.3) is 0 Å². The first-order valence-electron chi connectivity index (χ1n) is 9.38. The summed E-state index contributed by atoms with van der Waals surface area (Å²) in [4.78, 5) is 13.5. The number of aliphatic carboxylic acids is 1. The van der Waals surface area contributed by atoms with E-state index in [-0.39, 0.29) is 0 Å². The predicted octanol–water partition coefficient (Wildman–Crippen LogP) is 5.21. The van der Waals surface area contributed by atoms with Crippen LogP contribution in [0, 0.1) is 19.8 Å². The van der Waals surface area contributed by atoms with Crippen molar-refractivity contribution in [3.8, 4) is 0 Å². The molecule has 0 aliphatic carbocycles. The fourth-order valence-corrected chi connectivity index (χ4v) is 3.97. The average molecular weight is 391 g/mol. The van der Waals surface area contributed by atoms with Crippen LogP contribution in [-0.4, -0.2) is 29.1 Å². The van der Waals surface area contributed by atoms with Gasteiger partial charge in [-0.1, -0.05) is 35.9 Å². The minimum Gasteiger partial charge on any atom is -0.481 e. The molecule has 0 bridgehead atoms. The lowest BCUT2D eigenvalue weighted by Gasteiger charge is -2.38. The van der Waals surface area contributed by atoms with Gasteiger partial charge in [-0.2, -0.15) is 13.2 Å². The van der Waals surface area contributed by atoms with Gasteiger partial charge in [-0.15, -0.1) is 0 Å². The number of halogens is 3. The van der Waals surface area contributed by atoms with Crippen molar-refractivity contribution in [2.24, 2.45) is 5.92 Å². The fraction of sp³-hybridized carbons (Fsp3) is 0.409. The highest BCUT2D eigenvalue weighted by Gasteiger charge is 2.34. The number of rotatable bonds is 4. The van der Waals surface area contributed by atoms with Gasteiger partial charge in [-0.25, -0.2) is 0 Å².